The summed E-state index contributed by atoms with van der Waals surface area (Å²) in [6.07, 6.45) is 8.98. The topological polar surface area (TPSA) is 82.0 Å². The average Bonchev–Trinajstić information content (AvgIpc) is 2.92. The van der Waals surface area contributed by atoms with Crippen LogP contribution in [-0.2, 0) is 6.42 Å². The van der Waals surface area contributed by atoms with Crippen molar-refractivity contribution in [3.63, 3.8) is 0 Å². The van der Waals surface area contributed by atoms with Crippen molar-refractivity contribution < 1.29 is 23.7 Å². The number of hydrogen-bond acceptors (Lipinski definition) is 7. The van der Waals surface area contributed by atoms with Crippen LogP contribution < -0.4 is 29.0 Å². The number of nitrogens with zero attached hydrogens (tertiary/aromatic N) is 1. The van der Waals surface area contributed by atoms with Crippen LogP contribution in [0.2, 0.25) is 0 Å². The third-order valence-corrected chi connectivity index (χ3v) is 6.17. The SMILES string of the molecule is CCCCCCC(CCCNCCCOc1ccccc1OC)Oc1cc(CC#N)cc(OC)c1OC. The Bertz CT molecular complexity index is 944. The Morgan fingerprint density at radius 2 is 1.51 bits per heavy atom. The largest absolute Gasteiger partial charge is 0.493 e. The van der Waals surface area contributed by atoms with Gasteiger partial charge in [0.2, 0.25) is 5.75 Å². The fourth-order valence-electron chi connectivity index (χ4n) is 4.20. The maximum absolute atomic E-state index is 9.17. The van der Waals surface area contributed by atoms with Crippen molar-refractivity contribution in [1.29, 1.82) is 5.26 Å². The van der Waals surface area contributed by atoms with Gasteiger partial charge < -0.3 is 29.0 Å². The highest BCUT2D eigenvalue weighted by Crippen LogP contribution is 2.39. The zero-order valence-corrected chi connectivity index (χ0v) is 23.0. The number of rotatable bonds is 20. The Balaban J connectivity index is 1.85. The van der Waals surface area contributed by atoms with Crippen LogP contribution in [0.3, 0.4) is 0 Å². The molecule has 0 amide bonds. The second-order valence-corrected chi connectivity index (χ2v) is 9.00. The summed E-state index contributed by atoms with van der Waals surface area (Å²) in [7, 11) is 4.87. The third kappa shape index (κ3) is 10.8. The van der Waals surface area contributed by atoms with Crippen molar-refractivity contribution in [3.05, 3.63) is 42.0 Å². The van der Waals surface area contributed by atoms with Gasteiger partial charge in [-0.1, -0.05) is 38.3 Å². The molecule has 2 aromatic carbocycles. The van der Waals surface area contributed by atoms with Crippen molar-refractivity contribution in [3.8, 4) is 34.8 Å². The minimum Gasteiger partial charge on any atom is -0.493 e. The van der Waals surface area contributed by atoms with E-state index < -0.39 is 0 Å². The molecule has 0 spiro atoms. The standard InChI is InChI=1S/C30H44N2O5/c1-5-6-7-8-13-25(37-29-23-24(17-18-31)22-28(34-3)30(29)35-4)14-11-19-32-20-12-21-36-27-16-10-9-15-26(27)33-2/h9-10,15-16,22-23,25,32H,5-8,11-14,17,19-21H2,1-4H3. The first-order chi connectivity index (χ1) is 18.2. The van der Waals surface area contributed by atoms with Gasteiger partial charge in [0, 0.05) is 0 Å². The summed E-state index contributed by atoms with van der Waals surface area (Å²) < 4.78 is 28.8. The molecule has 37 heavy (non-hydrogen) atoms. The molecule has 0 aromatic heterocycles. The fraction of sp³-hybridized carbons (Fsp3) is 0.567. The molecule has 2 rings (SSSR count). The summed E-state index contributed by atoms with van der Waals surface area (Å²) in [6, 6.07) is 13.7. The van der Waals surface area contributed by atoms with E-state index >= 15 is 0 Å². The zero-order chi connectivity index (χ0) is 26.7. The van der Waals surface area contributed by atoms with Crippen molar-refractivity contribution in [2.45, 2.75) is 70.8 Å². The molecule has 7 nitrogen and oxygen atoms in total. The molecule has 0 bridgehead atoms. The number of ether oxygens (including phenoxy) is 5. The van der Waals surface area contributed by atoms with Crippen LogP contribution in [0.15, 0.2) is 36.4 Å². The van der Waals surface area contributed by atoms with Crippen molar-refractivity contribution in [2.75, 3.05) is 41.0 Å². The summed E-state index contributed by atoms with van der Waals surface area (Å²) in [5, 5.41) is 12.7. The number of nitriles is 1. The second-order valence-electron chi connectivity index (χ2n) is 9.00. The molecular formula is C30H44N2O5. The maximum Gasteiger partial charge on any atom is 0.203 e. The monoisotopic (exact) mass is 512 g/mol. The Kier molecular flexibility index (Phi) is 14.8. The molecule has 0 heterocycles. The molecule has 204 valence electrons. The number of methoxy groups -OCH3 is 3. The molecule has 1 unspecified atom stereocenters. The third-order valence-electron chi connectivity index (χ3n) is 6.17. The van der Waals surface area contributed by atoms with Crippen LogP contribution in [0, 0.1) is 11.3 Å². The summed E-state index contributed by atoms with van der Waals surface area (Å²) in [5.41, 5.74) is 0.858. The van der Waals surface area contributed by atoms with E-state index in [4.69, 9.17) is 28.9 Å². The van der Waals surface area contributed by atoms with Gasteiger partial charge in [-0.25, -0.2) is 0 Å². The van der Waals surface area contributed by atoms with Crippen LogP contribution in [0.5, 0.6) is 28.7 Å². The van der Waals surface area contributed by atoms with Gasteiger partial charge in [0.1, 0.15) is 0 Å². The van der Waals surface area contributed by atoms with Gasteiger partial charge in [-0.2, -0.15) is 5.26 Å². The summed E-state index contributed by atoms with van der Waals surface area (Å²) in [5.74, 6) is 3.35. The molecule has 2 aromatic rings. The molecule has 0 saturated carbocycles. The van der Waals surface area contributed by atoms with Gasteiger partial charge in [-0.05, 0) is 75.0 Å². The van der Waals surface area contributed by atoms with Gasteiger partial charge >= 0.3 is 0 Å². The van der Waals surface area contributed by atoms with Gasteiger partial charge in [-0.15, -0.1) is 0 Å². The zero-order valence-electron chi connectivity index (χ0n) is 23.0. The fourth-order valence-corrected chi connectivity index (χ4v) is 4.20. The van der Waals surface area contributed by atoms with Crippen LogP contribution in [0.1, 0.15) is 63.9 Å². The van der Waals surface area contributed by atoms with Crippen molar-refractivity contribution in [1.82, 2.24) is 5.32 Å². The predicted octanol–water partition coefficient (Wildman–Crippen LogP) is 6.34. The molecule has 0 fully saturated rings. The van der Waals surface area contributed by atoms with E-state index in [0.29, 0.717) is 30.3 Å². The Labute approximate surface area is 223 Å². The highest BCUT2D eigenvalue weighted by atomic mass is 16.5. The molecule has 7 heteroatoms. The van der Waals surface area contributed by atoms with Gasteiger partial charge in [0.05, 0.1) is 46.5 Å². The average molecular weight is 513 g/mol. The molecule has 0 radical (unpaired) electrons. The lowest BCUT2D eigenvalue weighted by Gasteiger charge is -2.22. The number of nitrogens with one attached hydrogen (secondary N) is 1. The molecule has 0 aliphatic heterocycles. The second kappa shape index (κ2) is 18.2. The van der Waals surface area contributed by atoms with Gasteiger partial charge in [-0.3, -0.25) is 0 Å². The first kappa shape index (κ1) is 30.1. The van der Waals surface area contributed by atoms with E-state index in [1.165, 1.54) is 19.3 Å². The lowest BCUT2D eigenvalue weighted by atomic mass is 10.0. The minimum absolute atomic E-state index is 0.0727. The Morgan fingerprint density at radius 1 is 0.811 bits per heavy atom. The summed E-state index contributed by atoms with van der Waals surface area (Å²) in [6.45, 7) is 4.66. The predicted molar refractivity (Wildman–Crippen MR) is 147 cm³/mol. The number of benzene rings is 2. The number of para-hydroxylation sites is 2. The molecule has 1 atom stereocenters. The van der Waals surface area contributed by atoms with Crippen LogP contribution >= 0.6 is 0 Å². The van der Waals surface area contributed by atoms with Crippen molar-refractivity contribution >= 4 is 0 Å². The highest BCUT2D eigenvalue weighted by molar-refractivity contribution is 5.54. The van der Waals surface area contributed by atoms with Gasteiger partial charge in [0.25, 0.3) is 0 Å². The maximum atomic E-state index is 9.17. The molecule has 1 N–H and O–H groups in total. The molecule has 0 aliphatic rings. The first-order valence-corrected chi connectivity index (χ1v) is 13.4. The van der Waals surface area contributed by atoms with E-state index in [2.05, 4.69) is 18.3 Å². The van der Waals surface area contributed by atoms with Crippen LogP contribution in [-0.4, -0.2) is 47.1 Å². The van der Waals surface area contributed by atoms with E-state index in [9.17, 15) is 0 Å². The lowest BCUT2D eigenvalue weighted by molar-refractivity contribution is 0.165. The molecular weight excluding hydrogens is 468 g/mol. The lowest BCUT2D eigenvalue weighted by Crippen LogP contribution is -2.22. The summed E-state index contributed by atoms with van der Waals surface area (Å²) in [4.78, 5) is 0. The van der Waals surface area contributed by atoms with E-state index in [0.717, 1.165) is 62.3 Å². The summed E-state index contributed by atoms with van der Waals surface area (Å²) >= 11 is 0. The van der Waals surface area contributed by atoms with Crippen molar-refractivity contribution in [2.24, 2.45) is 0 Å². The van der Waals surface area contributed by atoms with E-state index in [-0.39, 0.29) is 6.10 Å². The Hall–Kier alpha value is -3.11. The van der Waals surface area contributed by atoms with E-state index in [1.807, 2.05) is 36.4 Å². The van der Waals surface area contributed by atoms with Gasteiger partial charge in [0.15, 0.2) is 23.0 Å². The van der Waals surface area contributed by atoms with Crippen LogP contribution in [0.25, 0.3) is 0 Å². The number of hydrogen-bond donors (Lipinski definition) is 1. The normalized spacial score (nSPS) is 11.4. The Morgan fingerprint density at radius 3 is 2.22 bits per heavy atom. The van der Waals surface area contributed by atoms with Crippen LogP contribution in [0.4, 0.5) is 0 Å². The number of unbranched alkanes of at least 4 members (excludes halogenated alkanes) is 3. The van der Waals surface area contributed by atoms with E-state index in [1.54, 1.807) is 21.3 Å². The molecule has 0 saturated heterocycles. The highest BCUT2D eigenvalue weighted by Gasteiger charge is 2.18. The smallest absolute Gasteiger partial charge is 0.203 e. The minimum atomic E-state index is 0.0727. The molecule has 0 aliphatic carbocycles. The first-order valence-electron chi connectivity index (χ1n) is 13.4. The quantitative estimate of drug-likeness (QED) is 0.207.